The van der Waals surface area contributed by atoms with Crippen molar-refractivity contribution >= 4 is 17.3 Å². The van der Waals surface area contributed by atoms with E-state index in [4.69, 9.17) is 0 Å². The lowest BCUT2D eigenvalue weighted by atomic mass is 10.2. The normalized spacial score (nSPS) is 10.8. The van der Waals surface area contributed by atoms with Crippen LogP contribution in [0, 0.1) is 11.6 Å². The van der Waals surface area contributed by atoms with Gasteiger partial charge < -0.3 is 4.98 Å². The van der Waals surface area contributed by atoms with Crippen LogP contribution in [-0.2, 0) is 0 Å². The zero-order valence-electron chi connectivity index (χ0n) is 9.65. The molecule has 3 aromatic rings. The van der Waals surface area contributed by atoms with Crippen molar-refractivity contribution in [3.63, 3.8) is 0 Å². The number of rotatable bonds is 2. The van der Waals surface area contributed by atoms with Crippen LogP contribution in [0.1, 0.15) is 10.4 Å². The van der Waals surface area contributed by atoms with Crippen LogP contribution in [-0.4, -0.2) is 16.3 Å². The van der Waals surface area contributed by atoms with Gasteiger partial charge in [0.2, 0.25) is 0 Å². The van der Waals surface area contributed by atoms with Crippen molar-refractivity contribution in [3.8, 4) is 11.4 Å². The summed E-state index contributed by atoms with van der Waals surface area (Å²) in [6, 6.07) is 8.21. The van der Waals surface area contributed by atoms with E-state index in [1.54, 1.807) is 18.2 Å². The summed E-state index contributed by atoms with van der Waals surface area (Å²) in [4.78, 5) is 17.8. The first-order chi connectivity index (χ1) is 9.17. The van der Waals surface area contributed by atoms with E-state index in [0.717, 1.165) is 12.4 Å². The topological polar surface area (TPSA) is 45.8 Å². The monoisotopic (exact) mass is 258 g/mol. The van der Waals surface area contributed by atoms with Crippen LogP contribution in [0.15, 0.2) is 36.4 Å². The first-order valence-corrected chi connectivity index (χ1v) is 5.58. The van der Waals surface area contributed by atoms with Crippen molar-refractivity contribution in [3.05, 3.63) is 53.6 Å². The van der Waals surface area contributed by atoms with Gasteiger partial charge in [0.25, 0.3) is 0 Å². The quantitative estimate of drug-likeness (QED) is 0.717. The van der Waals surface area contributed by atoms with E-state index in [0.29, 0.717) is 22.4 Å². The van der Waals surface area contributed by atoms with E-state index in [-0.39, 0.29) is 5.56 Å². The van der Waals surface area contributed by atoms with Crippen molar-refractivity contribution in [2.75, 3.05) is 0 Å². The minimum atomic E-state index is -0.685. The smallest absolute Gasteiger partial charge is 0.150 e. The molecule has 1 N–H and O–H groups in total. The summed E-state index contributed by atoms with van der Waals surface area (Å²) in [7, 11) is 0. The summed E-state index contributed by atoms with van der Waals surface area (Å²) in [6.45, 7) is 0. The average molecular weight is 258 g/mol. The van der Waals surface area contributed by atoms with Crippen molar-refractivity contribution in [2.45, 2.75) is 0 Å². The number of hydrogen-bond donors (Lipinski definition) is 1. The molecule has 0 saturated carbocycles. The molecule has 0 spiro atoms. The Labute approximate surface area is 106 Å². The predicted molar refractivity (Wildman–Crippen MR) is 66.8 cm³/mol. The van der Waals surface area contributed by atoms with E-state index in [1.165, 1.54) is 12.1 Å². The number of imidazole rings is 1. The zero-order chi connectivity index (χ0) is 13.4. The molecule has 5 heteroatoms. The number of aromatic nitrogens is 2. The Morgan fingerprint density at radius 3 is 2.68 bits per heavy atom. The number of nitrogens with one attached hydrogen (secondary N) is 1. The standard InChI is InChI=1S/C14H8F2N2O/c15-9-2-3-10(11(16)6-9)14-17-12-4-1-8(7-19)5-13(12)18-14/h1-7H,(H,17,18). The molecule has 0 amide bonds. The highest BCUT2D eigenvalue weighted by Gasteiger charge is 2.11. The van der Waals surface area contributed by atoms with Gasteiger partial charge in [-0.3, -0.25) is 4.79 Å². The number of halogens is 2. The number of hydrogen-bond acceptors (Lipinski definition) is 2. The second-order valence-corrected chi connectivity index (χ2v) is 4.10. The molecule has 1 heterocycles. The van der Waals surface area contributed by atoms with Crippen LogP contribution < -0.4 is 0 Å². The van der Waals surface area contributed by atoms with Crippen LogP contribution in [0.25, 0.3) is 22.4 Å². The Morgan fingerprint density at radius 2 is 1.95 bits per heavy atom. The van der Waals surface area contributed by atoms with Crippen molar-refractivity contribution in [1.29, 1.82) is 0 Å². The molecule has 0 unspecified atom stereocenters. The molecule has 0 saturated heterocycles. The molecule has 3 rings (SSSR count). The van der Waals surface area contributed by atoms with E-state index >= 15 is 0 Å². The highest BCUT2D eigenvalue weighted by Crippen LogP contribution is 2.24. The third kappa shape index (κ3) is 1.99. The Kier molecular flexibility index (Phi) is 2.59. The molecule has 0 radical (unpaired) electrons. The number of aromatic amines is 1. The second-order valence-electron chi connectivity index (χ2n) is 4.10. The summed E-state index contributed by atoms with van der Waals surface area (Å²) in [6.07, 6.45) is 0.721. The summed E-state index contributed by atoms with van der Waals surface area (Å²) in [5.74, 6) is -1.02. The molecular formula is C14H8F2N2O. The molecule has 0 fully saturated rings. The maximum Gasteiger partial charge on any atom is 0.150 e. The van der Waals surface area contributed by atoms with E-state index in [9.17, 15) is 13.6 Å². The van der Waals surface area contributed by atoms with Crippen molar-refractivity contribution in [2.24, 2.45) is 0 Å². The lowest BCUT2D eigenvalue weighted by molar-refractivity contribution is 0.112. The Balaban J connectivity index is 2.17. The molecule has 3 nitrogen and oxygen atoms in total. The van der Waals surface area contributed by atoms with Crippen LogP contribution in [0.5, 0.6) is 0 Å². The minimum Gasteiger partial charge on any atom is -0.338 e. The minimum absolute atomic E-state index is 0.185. The second kappa shape index (κ2) is 4.28. The largest absolute Gasteiger partial charge is 0.338 e. The first-order valence-electron chi connectivity index (χ1n) is 5.58. The maximum atomic E-state index is 13.7. The average Bonchev–Trinajstić information content (AvgIpc) is 2.80. The Bertz CT molecular complexity index is 780. The fourth-order valence-electron chi connectivity index (χ4n) is 1.91. The van der Waals surface area contributed by atoms with Crippen LogP contribution in [0.2, 0.25) is 0 Å². The highest BCUT2D eigenvalue weighted by molar-refractivity contribution is 5.86. The molecule has 0 aliphatic carbocycles. The molecule has 1 aromatic heterocycles. The van der Waals surface area contributed by atoms with Gasteiger partial charge in [-0.25, -0.2) is 13.8 Å². The SMILES string of the molecule is O=Cc1ccc2nc(-c3ccc(F)cc3F)[nH]c2c1. The van der Waals surface area contributed by atoms with E-state index in [1.807, 2.05) is 0 Å². The number of benzene rings is 2. The van der Waals surface area contributed by atoms with Crippen LogP contribution in [0.3, 0.4) is 0 Å². The Hall–Kier alpha value is -2.56. The molecule has 0 atom stereocenters. The van der Waals surface area contributed by atoms with Gasteiger partial charge in [-0.2, -0.15) is 0 Å². The first kappa shape index (κ1) is 11.5. The number of carbonyl (C=O) groups excluding carboxylic acids is 1. The summed E-state index contributed by atoms with van der Waals surface area (Å²) in [5.41, 5.74) is 1.93. The lowest BCUT2D eigenvalue weighted by Gasteiger charge is -1.98. The van der Waals surface area contributed by atoms with Crippen LogP contribution >= 0.6 is 0 Å². The van der Waals surface area contributed by atoms with Gasteiger partial charge in [-0.15, -0.1) is 0 Å². The van der Waals surface area contributed by atoms with Gasteiger partial charge in [0, 0.05) is 11.6 Å². The number of fused-ring (bicyclic) bond motifs is 1. The predicted octanol–water partition coefficient (Wildman–Crippen LogP) is 3.32. The molecule has 94 valence electrons. The number of nitrogens with zero attached hydrogens (tertiary/aromatic N) is 1. The third-order valence-corrected chi connectivity index (χ3v) is 2.83. The van der Waals surface area contributed by atoms with Gasteiger partial charge in [0.05, 0.1) is 16.6 Å². The van der Waals surface area contributed by atoms with Gasteiger partial charge in [0.15, 0.2) is 0 Å². The van der Waals surface area contributed by atoms with Gasteiger partial charge in [0.1, 0.15) is 23.7 Å². The number of H-pyrrole nitrogens is 1. The van der Waals surface area contributed by atoms with Crippen molar-refractivity contribution in [1.82, 2.24) is 9.97 Å². The fourth-order valence-corrected chi connectivity index (χ4v) is 1.91. The summed E-state index contributed by atoms with van der Waals surface area (Å²) >= 11 is 0. The number of carbonyl (C=O) groups is 1. The molecule has 19 heavy (non-hydrogen) atoms. The van der Waals surface area contributed by atoms with E-state index < -0.39 is 11.6 Å². The summed E-state index contributed by atoms with van der Waals surface area (Å²) in [5, 5.41) is 0. The fraction of sp³-hybridized carbons (Fsp3) is 0. The highest BCUT2D eigenvalue weighted by atomic mass is 19.1. The number of aldehydes is 1. The molecular weight excluding hydrogens is 250 g/mol. The van der Waals surface area contributed by atoms with Crippen molar-refractivity contribution < 1.29 is 13.6 Å². The van der Waals surface area contributed by atoms with E-state index in [2.05, 4.69) is 9.97 Å². The Morgan fingerprint density at radius 1 is 1.11 bits per heavy atom. The zero-order valence-corrected chi connectivity index (χ0v) is 9.65. The van der Waals surface area contributed by atoms with Gasteiger partial charge in [-0.1, -0.05) is 0 Å². The molecule has 0 bridgehead atoms. The van der Waals surface area contributed by atoms with Crippen LogP contribution in [0.4, 0.5) is 8.78 Å². The van der Waals surface area contributed by atoms with Gasteiger partial charge in [-0.05, 0) is 30.3 Å². The molecule has 0 aliphatic heterocycles. The lowest BCUT2D eigenvalue weighted by Crippen LogP contribution is -1.87. The molecule has 0 aliphatic rings. The summed E-state index contributed by atoms with van der Waals surface area (Å²) < 4.78 is 26.5. The third-order valence-electron chi connectivity index (χ3n) is 2.83. The molecule has 2 aromatic carbocycles. The van der Waals surface area contributed by atoms with Gasteiger partial charge >= 0.3 is 0 Å². The maximum absolute atomic E-state index is 13.7.